The molecule has 0 bridgehead atoms. The first-order valence-electron chi connectivity index (χ1n) is 6.42. The summed E-state index contributed by atoms with van der Waals surface area (Å²) in [5.74, 6) is -0.582. The van der Waals surface area contributed by atoms with E-state index in [2.05, 4.69) is 9.84 Å². The van der Waals surface area contributed by atoms with E-state index in [0.29, 0.717) is 18.5 Å². The molecule has 0 aromatic carbocycles. The molecule has 0 spiro atoms. The monoisotopic (exact) mass is 267 g/mol. The molecule has 0 radical (unpaired) electrons. The second kappa shape index (κ2) is 6.92. The molecule has 0 N–H and O–H groups in total. The van der Waals surface area contributed by atoms with Crippen molar-refractivity contribution in [2.45, 2.75) is 26.7 Å². The van der Waals surface area contributed by atoms with Crippen molar-refractivity contribution in [2.24, 2.45) is 7.05 Å². The Morgan fingerprint density at radius 2 is 2.11 bits per heavy atom. The van der Waals surface area contributed by atoms with Gasteiger partial charge in [-0.3, -0.25) is 14.3 Å². The van der Waals surface area contributed by atoms with E-state index in [4.69, 9.17) is 0 Å². The highest BCUT2D eigenvalue weighted by Gasteiger charge is 2.22. The number of esters is 1. The molecule has 0 aliphatic rings. The van der Waals surface area contributed by atoms with Crippen LogP contribution in [-0.4, -0.2) is 46.8 Å². The van der Waals surface area contributed by atoms with E-state index in [1.54, 1.807) is 17.9 Å². The van der Waals surface area contributed by atoms with Crippen LogP contribution in [-0.2, 0) is 23.0 Å². The normalized spacial score (nSPS) is 10.3. The molecule has 0 unspecified atom stereocenters. The average molecular weight is 267 g/mol. The van der Waals surface area contributed by atoms with Crippen LogP contribution in [0.15, 0.2) is 6.20 Å². The second-order valence-corrected chi connectivity index (χ2v) is 4.32. The summed E-state index contributed by atoms with van der Waals surface area (Å²) in [7, 11) is 3.10. The van der Waals surface area contributed by atoms with Crippen LogP contribution in [0, 0.1) is 0 Å². The van der Waals surface area contributed by atoms with Gasteiger partial charge in [-0.2, -0.15) is 5.10 Å². The van der Waals surface area contributed by atoms with Gasteiger partial charge in [-0.15, -0.1) is 0 Å². The van der Waals surface area contributed by atoms with Gasteiger partial charge in [0.2, 0.25) is 0 Å². The number of ether oxygens (including phenoxy) is 1. The van der Waals surface area contributed by atoms with Crippen molar-refractivity contribution in [2.75, 3.05) is 20.2 Å². The van der Waals surface area contributed by atoms with Crippen LogP contribution < -0.4 is 0 Å². The maximum atomic E-state index is 12.4. The number of amides is 1. The molecule has 1 rings (SSSR count). The van der Waals surface area contributed by atoms with Crippen molar-refractivity contribution in [3.05, 3.63) is 17.5 Å². The van der Waals surface area contributed by atoms with Crippen LogP contribution in [0.25, 0.3) is 0 Å². The summed E-state index contributed by atoms with van der Waals surface area (Å²) in [6.07, 6.45) is 3.16. The summed E-state index contributed by atoms with van der Waals surface area (Å²) >= 11 is 0. The Morgan fingerprint density at radius 3 is 2.63 bits per heavy atom. The second-order valence-electron chi connectivity index (χ2n) is 4.32. The third-order valence-corrected chi connectivity index (χ3v) is 2.80. The lowest BCUT2D eigenvalue weighted by molar-refractivity contribution is -0.141. The lowest BCUT2D eigenvalue weighted by Crippen LogP contribution is -2.37. The molecule has 106 valence electrons. The van der Waals surface area contributed by atoms with E-state index >= 15 is 0 Å². The summed E-state index contributed by atoms with van der Waals surface area (Å²) in [6.45, 7) is 4.40. The van der Waals surface area contributed by atoms with Gasteiger partial charge >= 0.3 is 5.97 Å². The number of carbonyl (C=O) groups excluding carboxylic acids is 2. The summed E-state index contributed by atoms with van der Waals surface area (Å²) in [5, 5.41) is 4.25. The van der Waals surface area contributed by atoms with Crippen LogP contribution in [0.4, 0.5) is 0 Å². The van der Waals surface area contributed by atoms with Gasteiger partial charge in [0.1, 0.15) is 6.54 Å². The molecular weight excluding hydrogens is 246 g/mol. The maximum Gasteiger partial charge on any atom is 0.325 e. The average Bonchev–Trinajstić information content (AvgIpc) is 2.78. The predicted molar refractivity (Wildman–Crippen MR) is 70.8 cm³/mol. The van der Waals surface area contributed by atoms with E-state index in [9.17, 15) is 9.59 Å². The van der Waals surface area contributed by atoms with Gasteiger partial charge in [-0.25, -0.2) is 0 Å². The number of methoxy groups -OCH3 is 1. The summed E-state index contributed by atoms with van der Waals surface area (Å²) in [4.78, 5) is 25.3. The number of carbonyl (C=O) groups is 2. The van der Waals surface area contributed by atoms with E-state index in [-0.39, 0.29) is 12.5 Å². The molecule has 6 nitrogen and oxygen atoms in total. The van der Waals surface area contributed by atoms with Crippen LogP contribution >= 0.6 is 0 Å². The first kappa shape index (κ1) is 15.2. The zero-order valence-corrected chi connectivity index (χ0v) is 12.0. The van der Waals surface area contributed by atoms with E-state index in [1.165, 1.54) is 12.0 Å². The third-order valence-electron chi connectivity index (χ3n) is 2.80. The van der Waals surface area contributed by atoms with Gasteiger partial charge < -0.3 is 9.64 Å². The van der Waals surface area contributed by atoms with Crippen molar-refractivity contribution >= 4 is 11.9 Å². The number of hydrogen-bond donors (Lipinski definition) is 0. The summed E-state index contributed by atoms with van der Waals surface area (Å²) in [5.41, 5.74) is 1.31. The Morgan fingerprint density at radius 1 is 1.42 bits per heavy atom. The first-order chi connectivity index (χ1) is 9.03. The zero-order valence-electron chi connectivity index (χ0n) is 12.0. The molecular formula is C13H21N3O3. The Kier molecular flexibility index (Phi) is 5.54. The van der Waals surface area contributed by atoms with Crippen LogP contribution in [0.3, 0.4) is 0 Å². The molecule has 1 heterocycles. The summed E-state index contributed by atoms with van der Waals surface area (Å²) < 4.78 is 6.24. The van der Waals surface area contributed by atoms with Gasteiger partial charge in [0.15, 0.2) is 0 Å². The summed E-state index contributed by atoms with van der Waals surface area (Å²) in [6, 6.07) is 0. The zero-order chi connectivity index (χ0) is 14.4. The van der Waals surface area contributed by atoms with Crippen molar-refractivity contribution in [1.82, 2.24) is 14.7 Å². The van der Waals surface area contributed by atoms with Gasteiger partial charge in [-0.1, -0.05) is 13.8 Å². The molecule has 0 fully saturated rings. The van der Waals surface area contributed by atoms with E-state index in [0.717, 1.165) is 12.1 Å². The van der Waals surface area contributed by atoms with E-state index < -0.39 is 5.97 Å². The molecule has 0 saturated carbocycles. The molecule has 6 heteroatoms. The highest BCUT2D eigenvalue weighted by atomic mass is 16.5. The van der Waals surface area contributed by atoms with Crippen LogP contribution in [0.2, 0.25) is 0 Å². The fraction of sp³-hybridized carbons (Fsp3) is 0.615. The minimum atomic E-state index is -0.413. The number of rotatable bonds is 6. The largest absolute Gasteiger partial charge is 0.468 e. The number of nitrogens with zero attached hydrogens (tertiary/aromatic N) is 3. The lowest BCUT2D eigenvalue weighted by atomic mass is 10.2. The quantitative estimate of drug-likeness (QED) is 0.721. The molecule has 1 amide bonds. The Hall–Kier alpha value is -1.85. The lowest BCUT2D eigenvalue weighted by Gasteiger charge is -2.20. The number of aromatic nitrogens is 2. The molecule has 0 aliphatic heterocycles. The van der Waals surface area contributed by atoms with Gasteiger partial charge in [0.05, 0.1) is 18.4 Å². The Labute approximate surface area is 113 Å². The van der Waals surface area contributed by atoms with Crippen molar-refractivity contribution in [3.8, 4) is 0 Å². The minimum absolute atomic E-state index is 0.0266. The maximum absolute atomic E-state index is 12.4. The smallest absolute Gasteiger partial charge is 0.325 e. The fourth-order valence-electron chi connectivity index (χ4n) is 1.89. The SMILES string of the molecule is CCCN(CC(=O)OC)C(=O)c1cn(C)nc1CC. The fourth-order valence-corrected chi connectivity index (χ4v) is 1.89. The predicted octanol–water partition coefficient (Wildman–Crippen LogP) is 1.01. The number of aryl methyl sites for hydroxylation is 2. The Bertz CT molecular complexity index is 454. The van der Waals surface area contributed by atoms with Gasteiger partial charge in [0.25, 0.3) is 5.91 Å². The van der Waals surface area contributed by atoms with Gasteiger partial charge in [0, 0.05) is 19.8 Å². The molecule has 0 saturated heterocycles. The van der Waals surface area contributed by atoms with Gasteiger partial charge in [-0.05, 0) is 12.8 Å². The highest BCUT2D eigenvalue weighted by molar-refractivity contribution is 5.96. The molecule has 1 aromatic heterocycles. The molecule has 0 atom stereocenters. The molecule has 0 aliphatic carbocycles. The van der Waals surface area contributed by atoms with Crippen molar-refractivity contribution in [1.29, 1.82) is 0 Å². The van der Waals surface area contributed by atoms with Crippen molar-refractivity contribution in [3.63, 3.8) is 0 Å². The number of hydrogen-bond acceptors (Lipinski definition) is 4. The van der Waals surface area contributed by atoms with Crippen molar-refractivity contribution < 1.29 is 14.3 Å². The highest BCUT2D eigenvalue weighted by Crippen LogP contribution is 2.11. The van der Waals surface area contributed by atoms with Crippen LogP contribution in [0.1, 0.15) is 36.3 Å². The minimum Gasteiger partial charge on any atom is -0.468 e. The molecule has 1 aromatic rings. The molecule has 19 heavy (non-hydrogen) atoms. The van der Waals surface area contributed by atoms with Crippen LogP contribution in [0.5, 0.6) is 0 Å². The Balaban J connectivity index is 2.94. The van der Waals surface area contributed by atoms with E-state index in [1.807, 2.05) is 13.8 Å². The topological polar surface area (TPSA) is 64.4 Å². The third kappa shape index (κ3) is 3.81. The standard InChI is InChI=1S/C13H21N3O3/c1-5-7-16(9-12(17)19-4)13(18)10-8-15(3)14-11(10)6-2/h8H,5-7,9H2,1-4H3. The first-order valence-corrected chi connectivity index (χ1v) is 6.42.